The van der Waals surface area contributed by atoms with E-state index in [0.29, 0.717) is 39.3 Å². The molecule has 0 N–H and O–H groups in total. The highest BCUT2D eigenvalue weighted by atomic mass is 16.5. The van der Waals surface area contributed by atoms with Crippen LogP contribution in [-0.4, -0.2) is 39.1 Å². The number of hydrogen-bond acceptors (Lipinski definition) is 8. The second-order valence-corrected chi connectivity index (χ2v) is 9.77. The summed E-state index contributed by atoms with van der Waals surface area (Å²) in [4.78, 5) is 27.4. The van der Waals surface area contributed by atoms with Gasteiger partial charge in [-0.15, -0.1) is 15.0 Å². The first-order valence-corrected chi connectivity index (χ1v) is 13.2. The topological polar surface area (TPSA) is 102 Å². The zero-order chi connectivity index (χ0) is 28.9. The van der Waals surface area contributed by atoms with Crippen molar-refractivity contribution in [2.75, 3.05) is 0 Å². The molecule has 0 aliphatic carbocycles. The molecule has 0 amide bonds. The average Bonchev–Trinajstić information content (AvgIpc) is 3.37. The van der Waals surface area contributed by atoms with Crippen LogP contribution in [0.15, 0.2) is 91.0 Å². The van der Waals surface area contributed by atoms with Crippen LogP contribution in [0.3, 0.4) is 0 Å². The van der Waals surface area contributed by atoms with Crippen LogP contribution in [0.1, 0.15) is 48.4 Å². The minimum atomic E-state index is -0.608. The van der Waals surface area contributed by atoms with Gasteiger partial charge in [-0.2, -0.15) is 0 Å². The van der Waals surface area contributed by atoms with E-state index in [9.17, 15) is 9.59 Å². The molecule has 0 aliphatic rings. The Labute approximate surface area is 237 Å². The Hall–Kier alpha value is -5.18. The van der Waals surface area contributed by atoms with Gasteiger partial charge in [-0.3, -0.25) is 0 Å². The molecule has 0 saturated heterocycles. The van der Waals surface area contributed by atoms with E-state index in [0.717, 1.165) is 0 Å². The molecule has 5 aromatic rings. The first-order valence-electron chi connectivity index (χ1n) is 13.2. The van der Waals surface area contributed by atoms with Gasteiger partial charge in [-0.1, -0.05) is 12.1 Å². The van der Waals surface area contributed by atoms with Crippen LogP contribution < -0.4 is 18.9 Å². The molecule has 9 nitrogen and oxygen atoms in total. The van der Waals surface area contributed by atoms with E-state index in [2.05, 4.69) is 10.2 Å². The van der Waals surface area contributed by atoms with Gasteiger partial charge in [0.05, 0.1) is 23.3 Å². The van der Waals surface area contributed by atoms with E-state index in [1.807, 2.05) is 52.0 Å². The maximum absolute atomic E-state index is 13.1. The minimum Gasteiger partial charge on any atom is -0.491 e. The molecule has 41 heavy (non-hydrogen) atoms. The van der Waals surface area contributed by atoms with E-state index >= 15 is 0 Å². The molecule has 0 spiro atoms. The van der Waals surface area contributed by atoms with E-state index in [1.165, 1.54) is 10.9 Å². The third-order valence-electron chi connectivity index (χ3n) is 5.77. The zero-order valence-corrected chi connectivity index (χ0v) is 23.1. The summed E-state index contributed by atoms with van der Waals surface area (Å²) in [5.74, 6) is 0.406. The number of rotatable bonds is 9. The van der Waals surface area contributed by atoms with E-state index < -0.39 is 11.9 Å². The van der Waals surface area contributed by atoms with Gasteiger partial charge in [0, 0.05) is 6.07 Å². The highest BCUT2D eigenvalue weighted by Crippen LogP contribution is 2.30. The SMILES string of the molecule is CC(C)Oc1ccc(C(=O)Oc2ccc(-n3nc4ccccc4n3)c(OC(=O)c3ccc(OC(C)C)cc3)c2)cc1. The lowest BCUT2D eigenvalue weighted by molar-refractivity contribution is 0.0732. The van der Waals surface area contributed by atoms with Gasteiger partial charge in [0.2, 0.25) is 0 Å². The molecule has 4 aromatic carbocycles. The number of carbonyl (C=O) groups excluding carboxylic acids is 2. The van der Waals surface area contributed by atoms with E-state index in [1.54, 1.807) is 60.7 Å². The molecule has 0 unspecified atom stereocenters. The van der Waals surface area contributed by atoms with Crippen LogP contribution in [0, 0.1) is 0 Å². The van der Waals surface area contributed by atoms with Crippen molar-refractivity contribution in [3.63, 3.8) is 0 Å². The van der Waals surface area contributed by atoms with Crippen LogP contribution in [0.5, 0.6) is 23.0 Å². The van der Waals surface area contributed by atoms with Crippen molar-refractivity contribution in [1.29, 1.82) is 0 Å². The molecule has 9 heteroatoms. The van der Waals surface area contributed by atoms with Crippen molar-refractivity contribution >= 4 is 23.0 Å². The van der Waals surface area contributed by atoms with Gasteiger partial charge in [-0.25, -0.2) is 9.59 Å². The lowest BCUT2D eigenvalue weighted by Crippen LogP contribution is -2.13. The monoisotopic (exact) mass is 551 g/mol. The summed E-state index contributed by atoms with van der Waals surface area (Å²) in [5, 5.41) is 9.02. The molecule has 208 valence electrons. The first-order chi connectivity index (χ1) is 19.7. The predicted octanol–water partition coefficient (Wildman–Crippen LogP) is 6.43. The molecule has 1 aromatic heterocycles. The highest BCUT2D eigenvalue weighted by Gasteiger charge is 2.18. The molecule has 0 saturated carbocycles. The standard InChI is InChI=1S/C32H29N3O6/c1-20(2)38-24-13-9-22(10-14-24)31(36)40-26-17-18-29(35-33-27-7-5-6-8-28(27)34-35)30(19-26)41-32(37)23-11-15-25(16-12-23)39-21(3)4/h5-21H,1-4H3. The number of aromatic nitrogens is 3. The molecule has 0 bridgehead atoms. The minimum absolute atomic E-state index is 0.00389. The summed E-state index contributed by atoms with van der Waals surface area (Å²) in [6, 6.07) is 25.4. The first kappa shape index (κ1) is 27.4. The molecule has 5 rings (SSSR count). The van der Waals surface area contributed by atoms with Crippen LogP contribution in [-0.2, 0) is 0 Å². The van der Waals surface area contributed by atoms with Gasteiger partial charge in [0.25, 0.3) is 0 Å². The van der Waals surface area contributed by atoms with Crippen molar-refractivity contribution in [2.45, 2.75) is 39.9 Å². The van der Waals surface area contributed by atoms with Gasteiger partial charge < -0.3 is 18.9 Å². The van der Waals surface area contributed by atoms with Crippen LogP contribution in [0.2, 0.25) is 0 Å². The summed E-state index contributed by atoms with van der Waals surface area (Å²) in [6.07, 6.45) is 0.0184. The van der Waals surface area contributed by atoms with Crippen LogP contribution >= 0.6 is 0 Å². The Morgan fingerprint density at radius 1 is 0.610 bits per heavy atom. The number of nitrogens with zero attached hydrogens (tertiary/aromatic N) is 3. The number of ether oxygens (including phenoxy) is 4. The van der Waals surface area contributed by atoms with E-state index in [-0.39, 0.29) is 23.7 Å². The maximum Gasteiger partial charge on any atom is 0.343 e. The molecular weight excluding hydrogens is 522 g/mol. The molecule has 1 heterocycles. The third-order valence-corrected chi connectivity index (χ3v) is 5.77. The summed E-state index contributed by atoms with van der Waals surface area (Å²) in [6.45, 7) is 7.70. The Morgan fingerprint density at radius 2 is 1.07 bits per heavy atom. The fraction of sp³-hybridized carbons (Fsp3) is 0.188. The van der Waals surface area contributed by atoms with Crippen molar-refractivity contribution in [3.8, 4) is 28.7 Å². The Bertz CT molecular complexity index is 1640. The number of hydrogen-bond donors (Lipinski definition) is 0. The normalized spacial score (nSPS) is 11.1. The van der Waals surface area contributed by atoms with Gasteiger partial charge in [0.1, 0.15) is 34.0 Å². The van der Waals surface area contributed by atoms with Gasteiger partial charge in [0.15, 0.2) is 5.75 Å². The number of benzene rings is 4. The molecule has 0 atom stereocenters. The van der Waals surface area contributed by atoms with E-state index in [4.69, 9.17) is 18.9 Å². The summed E-state index contributed by atoms with van der Waals surface area (Å²) in [7, 11) is 0. The second-order valence-electron chi connectivity index (χ2n) is 9.77. The largest absolute Gasteiger partial charge is 0.491 e. The third kappa shape index (κ3) is 6.70. The van der Waals surface area contributed by atoms with Gasteiger partial charge >= 0.3 is 11.9 Å². The summed E-state index contributed by atoms with van der Waals surface area (Å²) >= 11 is 0. The predicted molar refractivity (Wildman–Crippen MR) is 153 cm³/mol. The second kappa shape index (κ2) is 11.9. The Kier molecular flexibility index (Phi) is 7.96. The van der Waals surface area contributed by atoms with Crippen molar-refractivity contribution in [2.24, 2.45) is 0 Å². The Morgan fingerprint density at radius 3 is 1.56 bits per heavy atom. The van der Waals surface area contributed by atoms with Crippen LogP contribution in [0.25, 0.3) is 16.7 Å². The summed E-state index contributed by atoms with van der Waals surface area (Å²) < 4.78 is 22.7. The lowest BCUT2D eigenvalue weighted by Gasteiger charge is -2.13. The fourth-order valence-electron chi connectivity index (χ4n) is 3.98. The average molecular weight is 552 g/mol. The van der Waals surface area contributed by atoms with Crippen molar-refractivity contribution < 1.29 is 28.5 Å². The quantitative estimate of drug-likeness (QED) is 0.153. The number of esters is 2. The lowest BCUT2D eigenvalue weighted by atomic mass is 10.2. The molecule has 0 radical (unpaired) electrons. The number of carbonyl (C=O) groups is 2. The Balaban J connectivity index is 1.42. The smallest absolute Gasteiger partial charge is 0.343 e. The zero-order valence-electron chi connectivity index (χ0n) is 23.1. The van der Waals surface area contributed by atoms with Crippen LogP contribution in [0.4, 0.5) is 0 Å². The van der Waals surface area contributed by atoms with Gasteiger partial charge in [-0.05, 0) is 100 Å². The highest BCUT2D eigenvalue weighted by molar-refractivity contribution is 5.92. The maximum atomic E-state index is 13.1. The van der Waals surface area contributed by atoms with Crippen molar-refractivity contribution in [1.82, 2.24) is 15.0 Å². The molecular formula is C32H29N3O6. The van der Waals surface area contributed by atoms with Crippen molar-refractivity contribution in [3.05, 3.63) is 102 Å². The number of fused-ring (bicyclic) bond motifs is 1. The summed E-state index contributed by atoms with van der Waals surface area (Å²) in [5.41, 5.74) is 2.39. The fourth-order valence-corrected chi connectivity index (χ4v) is 3.98. The molecule has 0 fully saturated rings. The molecule has 0 aliphatic heterocycles.